The van der Waals surface area contributed by atoms with Gasteiger partial charge in [0.25, 0.3) is 5.92 Å². The zero-order chi connectivity index (χ0) is 7.49. The Balaban J connectivity index is 4.06. The molecule has 0 saturated heterocycles. The Morgan fingerprint density at radius 1 is 1.56 bits per heavy atom. The van der Waals surface area contributed by atoms with Crippen LogP contribution in [0.2, 0.25) is 0 Å². The van der Waals surface area contributed by atoms with E-state index in [4.69, 9.17) is 0 Å². The number of halogens is 2. The van der Waals surface area contributed by atoms with E-state index < -0.39 is 5.92 Å². The molecule has 0 aliphatic heterocycles. The molecule has 0 saturated carbocycles. The first-order chi connectivity index (χ1) is 3.98. The van der Waals surface area contributed by atoms with Gasteiger partial charge >= 0.3 is 0 Å². The fourth-order valence-electron chi connectivity index (χ4n) is 0.348. The van der Waals surface area contributed by atoms with Gasteiger partial charge in [-0.05, 0) is 6.92 Å². The second-order valence-corrected chi connectivity index (χ2v) is 1.91. The first-order valence-corrected chi connectivity index (χ1v) is 2.68. The molecule has 0 radical (unpaired) electrons. The van der Waals surface area contributed by atoms with Crippen molar-refractivity contribution < 1.29 is 8.78 Å². The number of hydrogen-bond acceptors (Lipinski definition) is 0. The van der Waals surface area contributed by atoms with Gasteiger partial charge in [-0.3, -0.25) is 0 Å². The van der Waals surface area contributed by atoms with Crippen molar-refractivity contribution in [2.24, 2.45) is 0 Å². The highest BCUT2D eigenvalue weighted by Crippen LogP contribution is 2.21. The summed E-state index contributed by atoms with van der Waals surface area (Å²) in [6, 6.07) is 0. The average molecular weight is 132 g/mol. The van der Waals surface area contributed by atoms with Crippen LogP contribution in [0.3, 0.4) is 0 Å². The van der Waals surface area contributed by atoms with E-state index in [0.29, 0.717) is 0 Å². The molecule has 0 aromatic carbocycles. The topological polar surface area (TPSA) is 0 Å². The molecular weight excluding hydrogens is 122 g/mol. The van der Waals surface area contributed by atoms with Crippen molar-refractivity contribution in [3.8, 4) is 0 Å². The minimum Gasteiger partial charge on any atom is -0.202 e. The lowest BCUT2D eigenvalue weighted by Gasteiger charge is -2.08. The highest BCUT2D eigenvalue weighted by atomic mass is 19.3. The number of rotatable bonds is 2. The van der Waals surface area contributed by atoms with Crippen LogP contribution in [-0.2, 0) is 0 Å². The van der Waals surface area contributed by atoms with Gasteiger partial charge in [0.15, 0.2) is 0 Å². The Morgan fingerprint density at radius 3 is 2.11 bits per heavy atom. The third kappa shape index (κ3) is 3.01. The molecule has 0 aromatic heterocycles. The summed E-state index contributed by atoms with van der Waals surface area (Å²) in [4.78, 5) is 0. The van der Waals surface area contributed by atoms with E-state index in [1.807, 2.05) is 0 Å². The van der Waals surface area contributed by atoms with Crippen LogP contribution in [0.4, 0.5) is 8.78 Å². The van der Waals surface area contributed by atoms with Gasteiger partial charge in [-0.1, -0.05) is 18.7 Å². The van der Waals surface area contributed by atoms with Gasteiger partial charge in [0.1, 0.15) is 0 Å². The van der Waals surface area contributed by atoms with Crippen molar-refractivity contribution in [3.05, 3.63) is 24.3 Å². The standard InChI is InChI=1S/C7H10F2/c1-4-5-6(2)7(3,8)9/h4-5H,2H2,1,3H3/b5-4-. The van der Waals surface area contributed by atoms with Gasteiger partial charge in [0, 0.05) is 12.5 Å². The summed E-state index contributed by atoms with van der Waals surface area (Å²) in [5, 5.41) is 0. The van der Waals surface area contributed by atoms with Gasteiger partial charge < -0.3 is 0 Å². The molecule has 0 N–H and O–H groups in total. The summed E-state index contributed by atoms with van der Waals surface area (Å²) in [6.45, 7) is 5.69. The van der Waals surface area contributed by atoms with Crippen LogP contribution in [0.25, 0.3) is 0 Å². The molecule has 0 rings (SSSR count). The maximum Gasteiger partial charge on any atom is 0.269 e. The molecule has 0 aliphatic rings. The summed E-state index contributed by atoms with van der Waals surface area (Å²) in [7, 11) is 0. The largest absolute Gasteiger partial charge is 0.269 e. The lowest BCUT2D eigenvalue weighted by molar-refractivity contribution is 0.0680. The summed E-state index contributed by atoms with van der Waals surface area (Å²) in [5.41, 5.74) is -0.148. The van der Waals surface area contributed by atoms with Gasteiger partial charge in [-0.15, -0.1) is 0 Å². The van der Waals surface area contributed by atoms with Gasteiger partial charge in [0.2, 0.25) is 0 Å². The third-order valence-electron chi connectivity index (χ3n) is 0.932. The Hall–Kier alpha value is -0.660. The second-order valence-electron chi connectivity index (χ2n) is 1.91. The Bertz CT molecular complexity index is 128. The molecular formula is C7H10F2. The smallest absolute Gasteiger partial charge is 0.202 e. The van der Waals surface area contributed by atoms with Crippen LogP contribution in [0.5, 0.6) is 0 Å². The number of hydrogen-bond donors (Lipinski definition) is 0. The van der Waals surface area contributed by atoms with Crippen LogP contribution in [0, 0.1) is 0 Å². The average Bonchev–Trinajstić information content (AvgIpc) is 1.64. The number of allylic oxidation sites excluding steroid dienone is 3. The zero-order valence-electron chi connectivity index (χ0n) is 5.62. The highest BCUT2D eigenvalue weighted by molar-refractivity contribution is 5.20. The molecule has 0 bridgehead atoms. The van der Waals surface area contributed by atoms with Crippen LogP contribution < -0.4 is 0 Å². The van der Waals surface area contributed by atoms with E-state index in [0.717, 1.165) is 6.92 Å². The maximum absolute atomic E-state index is 12.2. The van der Waals surface area contributed by atoms with Crippen molar-refractivity contribution in [1.29, 1.82) is 0 Å². The molecule has 0 atom stereocenters. The molecule has 2 heteroatoms. The molecule has 0 amide bonds. The van der Waals surface area contributed by atoms with Crippen LogP contribution in [0.1, 0.15) is 13.8 Å². The number of alkyl halides is 2. The summed E-state index contributed by atoms with van der Waals surface area (Å²) in [6.07, 6.45) is 2.85. The quantitative estimate of drug-likeness (QED) is 0.507. The molecule has 0 aliphatic carbocycles. The fraction of sp³-hybridized carbons (Fsp3) is 0.429. The zero-order valence-corrected chi connectivity index (χ0v) is 5.62. The second kappa shape index (κ2) is 2.76. The van der Waals surface area contributed by atoms with Crippen molar-refractivity contribution in [2.45, 2.75) is 19.8 Å². The molecule has 52 valence electrons. The van der Waals surface area contributed by atoms with Crippen molar-refractivity contribution in [3.63, 3.8) is 0 Å². The molecule has 0 spiro atoms. The first-order valence-electron chi connectivity index (χ1n) is 2.68. The van der Waals surface area contributed by atoms with E-state index in [9.17, 15) is 8.78 Å². The van der Waals surface area contributed by atoms with E-state index in [1.165, 1.54) is 6.08 Å². The lowest BCUT2D eigenvalue weighted by Crippen LogP contribution is -2.10. The predicted molar refractivity (Wildman–Crippen MR) is 34.6 cm³/mol. The van der Waals surface area contributed by atoms with E-state index in [1.54, 1.807) is 13.0 Å². The minimum absolute atomic E-state index is 0.148. The van der Waals surface area contributed by atoms with Crippen LogP contribution in [-0.4, -0.2) is 5.92 Å². The molecule has 0 unspecified atom stereocenters. The van der Waals surface area contributed by atoms with Gasteiger partial charge in [-0.25, -0.2) is 8.78 Å². The van der Waals surface area contributed by atoms with E-state index in [2.05, 4.69) is 6.58 Å². The lowest BCUT2D eigenvalue weighted by atomic mass is 10.2. The molecule has 0 heterocycles. The normalized spacial score (nSPS) is 12.4. The summed E-state index contributed by atoms with van der Waals surface area (Å²) < 4.78 is 24.3. The van der Waals surface area contributed by atoms with Crippen LogP contribution >= 0.6 is 0 Å². The molecule has 0 aromatic rings. The Kier molecular flexibility index (Phi) is 2.56. The van der Waals surface area contributed by atoms with Crippen molar-refractivity contribution in [1.82, 2.24) is 0 Å². The SMILES string of the molecule is C=C(/C=C\C)C(C)(F)F. The predicted octanol–water partition coefficient (Wildman–Crippen LogP) is 2.77. The molecule has 0 fully saturated rings. The van der Waals surface area contributed by atoms with Gasteiger partial charge in [-0.2, -0.15) is 0 Å². The fourth-order valence-corrected chi connectivity index (χ4v) is 0.348. The summed E-state index contributed by atoms with van der Waals surface area (Å²) >= 11 is 0. The third-order valence-corrected chi connectivity index (χ3v) is 0.932. The monoisotopic (exact) mass is 132 g/mol. The molecule has 9 heavy (non-hydrogen) atoms. The molecule has 0 nitrogen and oxygen atoms in total. The first kappa shape index (κ1) is 8.34. The van der Waals surface area contributed by atoms with Crippen molar-refractivity contribution in [2.75, 3.05) is 0 Å². The minimum atomic E-state index is -2.77. The van der Waals surface area contributed by atoms with Crippen LogP contribution in [0.15, 0.2) is 24.3 Å². The highest BCUT2D eigenvalue weighted by Gasteiger charge is 2.22. The maximum atomic E-state index is 12.2. The summed E-state index contributed by atoms with van der Waals surface area (Å²) in [5.74, 6) is -2.77. The van der Waals surface area contributed by atoms with Crippen molar-refractivity contribution >= 4 is 0 Å². The van der Waals surface area contributed by atoms with Gasteiger partial charge in [0.05, 0.1) is 0 Å². The Morgan fingerprint density at radius 2 is 2.00 bits per heavy atom. The van der Waals surface area contributed by atoms with E-state index in [-0.39, 0.29) is 5.57 Å². The Labute approximate surface area is 53.9 Å². The van der Waals surface area contributed by atoms with E-state index >= 15 is 0 Å².